The van der Waals surface area contributed by atoms with Crippen molar-refractivity contribution < 1.29 is 19.3 Å². The van der Waals surface area contributed by atoms with Crippen molar-refractivity contribution in [2.24, 2.45) is 11.3 Å². The summed E-state index contributed by atoms with van der Waals surface area (Å²) in [6.07, 6.45) is 5.50. The van der Waals surface area contributed by atoms with E-state index in [1.165, 1.54) is 0 Å². The summed E-state index contributed by atoms with van der Waals surface area (Å²) >= 11 is 0. The first kappa shape index (κ1) is 20.9. The summed E-state index contributed by atoms with van der Waals surface area (Å²) < 4.78 is 15.5. The first-order chi connectivity index (χ1) is 11.6. The second-order valence-electron chi connectivity index (χ2n) is 6.43. The average Bonchev–Trinajstić information content (AvgIpc) is 2.61. The van der Waals surface area contributed by atoms with Crippen molar-refractivity contribution in [1.82, 2.24) is 5.32 Å². The van der Waals surface area contributed by atoms with E-state index >= 15 is 0 Å². The van der Waals surface area contributed by atoms with E-state index in [9.17, 15) is 10.4 Å². The minimum absolute atomic E-state index is 0.0291. The predicted octanol–water partition coefficient (Wildman–Crippen LogP) is 2.20. The molecule has 6 heteroatoms. The van der Waals surface area contributed by atoms with Gasteiger partial charge in [-0.15, -0.1) is 0 Å². The zero-order valence-corrected chi connectivity index (χ0v) is 15.2. The molecular formula is C18H32N2O4. The van der Waals surface area contributed by atoms with E-state index in [1.807, 2.05) is 0 Å². The van der Waals surface area contributed by atoms with Gasteiger partial charge in [-0.1, -0.05) is 6.08 Å². The smallest absolute Gasteiger partial charge is 0.173 e. The highest BCUT2D eigenvalue weighted by atomic mass is 16.6. The maximum atomic E-state index is 10.4. The van der Waals surface area contributed by atoms with Gasteiger partial charge in [0.05, 0.1) is 12.7 Å². The molecule has 0 spiro atoms. The number of nitrogens with zero attached hydrogens (tertiary/aromatic N) is 1. The van der Waals surface area contributed by atoms with Crippen molar-refractivity contribution in [2.45, 2.75) is 45.3 Å². The molecule has 0 aliphatic heterocycles. The Bertz CT molecular complexity index is 422. The fraction of sp³-hybridized carbons (Fsp3) is 0.833. The van der Waals surface area contributed by atoms with E-state index in [2.05, 4.69) is 17.5 Å². The van der Waals surface area contributed by atoms with Crippen molar-refractivity contribution in [3.05, 3.63) is 11.8 Å². The third-order valence-electron chi connectivity index (χ3n) is 4.53. The second-order valence-corrected chi connectivity index (χ2v) is 6.43. The summed E-state index contributed by atoms with van der Waals surface area (Å²) in [5.41, 5.74) is 0.197. The molecule has 0 aromatic carbocycles. The van der Waals surface area contributed by atoms with Crippen molar-refractivity contribution in [3.8, 4) is 6.07 Å². The summed E-state index contributed by atoms with van der Waals surface area (Å²) in [7, 11) is 3.33. The zero-order chi connectivity index (χ0) is 17.8. The van der Waals surface area contributed by atoms with Crippen LogP contribution in [0.15, 0.2) is 11.8 Å². The summed E-state index contributed by atoms with van der Waals surface area (Å²) in [4.78, 5) is 0. The van der Waals surface area contributed by atoms with Crippen LogP contribution in [0.2, 0.25) is 0 Å². The van der Waals surface area contributed by atoms with E-state index in [0.29, 0.717) is 19.6 Å². The van der Waals surface area contributed by atoms with E-state index in [4.69, 9.17) is 14.2 Å². The van der Waals surface area contributed by atoms with E-state index < -0.39 is 11.7 Å². The van der Waals surface area contributed by atoms with Crippen LogP contribution in [-0.4, -0.2) is 52.0 Å². The number of hydrogen-bond acceptors (Lipinski definition) is 6. The summed E-state index contributed by atoms with van der Waals surface area (Å²) in [6.45, 7) is 4.32. The molecule has 2 N–H and O–H groups in total. The van der Waals surface area contributed by atoms with Crippen LogP contribution in [0, 0.1) is 22.7 Å². The Balaban J connectivity index is 2.62. The van der Waals surface area contributed by atoms with Crippen LogP contribution in [0.4, 0.5) is 0 Å². The first-order valence-corrected chi connectivity index (χ1v) is 8.71. The van der Waals surface area contributed by atoms with Crippen molar-refractivity contribution >= 4 is 0 Å². The van der Waals surface area contributed by atoms with Gasteiger partial charge in [0.15, 0.2) is 6.29 Å². The molecule has 1 aliphatic carbocycles. The Labute approximate surface area is 145 Å². The minimum Gasteiger partial charge on any atom is -0.389 e. The Kier molecular flexibility index (Phi) is 9.96. The summed E-state index contributed by atoms with van der Waals surface area (Å²) in [5.74, 6) is -0.0291. The lowest BCUT2D eigenvalue weighted by Crippen LogP contribution is -2.41. The number of methoxy groups -OCH3 is 2. The van der Waals surface area contributed by atoms with Gasteiger partial charge in [0.2, 0.25) is 0 Å². The third kappa shape index (κ3) is 6.40. The molecule has 0 aromatic rings. The first-order valence-electron chi connectivity index (χ1n) is 8.71. The number of rotatable bonds is 12. The van der Waals surface area contributed by atoms with Gasteiger partial charge in [0.1, 0.15) is 5.41 Å². The van der Waals surface area contributed by atoms with Gasteiger partial charge in [-0.25, -0.2) is 0 Å². The molecule has 0 fully saturated rings. The highest BCUT2D eigenvalue weighted by molar-refractivity contribution is 5.15. The fourth-order valence-corrected chi connectivity index (χ4v) is 2.90. The number of hydrogen-bond donors (Lipinski definition) is 2. The zero-order valence-electron chi connectivity index (χ0n) is 15.2. The molecule has 3 atom stereocenters. The van der Waals surface area contributed by atoms with Gasteiger partial charge in [0.25, 0.3) is 0 Å². The molecule has 3 unspecified atom stereocenters. The van der Waals surface area contributed by atoms with Crippen LogP contribution >= 0.6 is 0 Å². The molecule has 0 saturated carbocycles. The van der Waals surface area contributed by atoms with Gasteiger partial charge >= 0.3 is 0 Å². The number of nitrogens with one attached hydrogen (secondary N) is 1. The lowest BCUT2D eigenvalue weighted by atomic mass is 9.72. The molecule has 0 amide bonds. The monoisotopic (exact) mass is 340 g/mol. The number of aliphatic hydroxyl groups excluding tert-OH is 1. The normalized spacial score (nSPS) is 21.5. The Hall–Kier alpha value is -1.13. The van der Waals surface area contributed by atoms with Gasteiger partial charge in [-0.3, -0.25) is 0 Å². The van der Waals surface area contributed by atoms with Crippen LogP contribution in [0.5, 0.6) is 0 Å². The molecule has 0 saturated heterocycles. The molecule has 0 bridgehead atoms. The van der Waals surface area contributed by atoms with Crippen LogP contribution in [-0.2, 0) is 14.2 Å². The maximum Gasteiger partial charge on any atom is 0.173 e. The molecule has 138 valence electrons. The molecule has 6 nitrogen and oxygen atoms in total. The maximum absolute atomic E-state index is 10.4. The quantitative estimate of drug-likeness (QED) is 0.418. The van der Waals surface area contributed by atoms with E-state index in [1.54, 1.807) is 21.1 Å². The van der Waals surface area contributed by atoms with Gasteiger partial charge in [0, 0.05) is 45.6 Å². The topological polar surface area (TPSA) is 83.7 Å². The summed E-state index contributed by atoms with van der Waals surface area (Å²) in [5, 5.41) is 23.5. The lowest BCUT2D eigenvalue weighted by molar-refractivity contribution is -0.165. The van der Waals surface area contributed by atoms with Crippen LogP contribution in [0.1, 0.15) is 39.0 Å². The average molecular weight is 340 g/mol. The molecule has 24 heavy (non-hydrogen) atoms. The minimum atomic E-state index is -1.10. The highest BCUT2D eigenvalue weighted by Gasteiger charge is 2.42. The Morgan fingerprint density at radius 3 is 2.71 bits per heavy atom. The molecular weight excluding hydrogens is 308 g/mol. The number of allylic oxidation sites excluding steroid dienone is 2. The van der Waals surface area contributed by atoms with Crippen molar-refractivity contribution in [1.29, 1.82) is 5.26 Å². The third-order valence-corrected chi connectivity index (χ3v) is 4.53. The van der Waals surface area contributed by atoms with Crippen molar-refractivity contribution in [3.63, 3.8) is 0 Å². The van der Waals surface area contributed by atoms with E-state index in [0.717, 1.165) is 44.5 Å². The number of nitriles is 1. The highest BCUT2D eigenvalue weighted by Crippen LogP contribution is 2.39. The lowest BCUT2D eigenvalue weighted by Gasteiger charge is -2.36. The van der Waals surface area contributed by atoms with Gasteiger partial charge in [-0.2, -0.15) is 5.26 Å². The molecule has 0 heterocycles. The van der Waals surface area contributed by atoms with E-state index in [-0.39, 0.29) is 5.92 Å². The van der Waals surface area contributed by atoms with Crippen LogP contribution < -0.4 is 5.32 Å². The van der Waals surface area contributed by atoms with Crippen LogP contribution in [0.3, 0.4) is 0 Å². The van der Waals surface area contributed by atoms with Crippen LogP contribution in [0.25, 0.3) is 0 Å². The van der Waals surface area contributed by atoms with Gasteiger partial charge < -0.3 is 24.6 Å². The SMILES string of the molecule is COCCCNC1=CC(C(C)(C#N)C(O)OCCCOC)CCC1. The van der Waals surface area contributed by atoms with Crippen molar-refractivity contribution in [2.75, 3.05) is 40.6 Å². The molecule has 1 rings (SSSR count). The molecule has 0 radical (unpaired) electrons. The number of aliphatic hydroxyl groups is 1. The predicted molar refractivity (Wildman–Crippen MR) is 92.1 cm³/mol. The molecule has 1 aliphatic rings. The second kappa shape index (κ2) is 11.4. The number of ether oxygens (including phenoxy) is 3. The molecule has 0 aromatic heterocycles. The fourth-order valence-electron chi connectivity index (χ4n) is 2.90. The standard InChI is InChI=1S/C18H32N2O4/c1-18(14-19,17(21)24-12-6-11-23-3)15-7-4-8-16(13-15)20-9-5-10-22-2/h13,15,17,20-21H,4-12H2,1-3H3. The largest absolute Gasteiger partial charge is 0.389 e. The Morgan fingerprint density at radius 1 is 1.33 bits per heavy atom. The Morgan fingerprint density at radius 2 is 2.04 bits per heavy atom. The van der Waals surface area contributed by atoms with Gasteiger partial charge in [-0.05, 0) is 39.0 Å². The summed E-state index contributed by atoms with van der Waals surface area (Å²) in [6, 6.07) is 2.29.